The van der Waals surface area contributed by atoms with Crippen molar-refractivity contribution in [2.45, 2.75) is 25.7 Å². The summed E-state index contributed by atoms with van der Waals surface area (Å²) >= 11 is 5.89. The van der Waals surface area contributed by atoms with Crippen molar-refractivity contribution in [3.63, 3.8) is 0 Å². The molecule has 94 valence electrons. The second kappa shape index (κ2) is 4.78. The van der Waals surface area contributed by atoms with E-state index < -0.39 is 0 Å². The van der Waals surface area contributed by atoms with Gasteiger partial charge in [0.2, 0.25) is 0 Å². The zero-order chi connectivity index (χ0) is 12.5. The van der Waals surface area contributed by atoms with Gasteiger partial charge in [0, 0.05) is 6.54 Å². The van der Waals surface area contributed by atoms with Gasteiger partial charge in [-0.2, -0.15) is 5.26 Å². The van der Waals surface area contributed by atoms with Gasteiger partial charge in [-0.1, -0.05) is 11.6 Å². The van der Waals surface area contributed by atoms with Crippen molar-refractivity contribution >= 4 is 17.4 Å². The summed E-state index contributed by atoms with van der Waals surface area (Å²) in [6, 6.07) is 5.46. The van der Waals surface area contributed by atoms with E-state index in [0.717, 1.165) is 30.1 Å². The first kappa shape index (κ1) is 11.8. The van der Waals surface area contributed by atoms with Crippen LogP contribution in [0.4, 0.5) is 5.82 Å². The van der Waals surface area contributed by atoms with Gasteiger partial charge in [-0.05, 0) is 55.6 Å². The third-order valence-electron chi connectivity index (χ3n) is 3.90. The Balaban J connectivity index is 1.65. The Bertz CT molecular complexity index is 474. The number of hydrogen-bond acceptors (Lipinski definition) is 3. The van der Waals surface area contributed by atoms with E-state index in [1.165, 1.54) is 25.7 Å². The smallest absolute Gasteiger partial charge is 0.132 e. The van der Waals surface area contributed by atoms with Gasteiger partial charge in [0.25, 0.3) is 0 Å². The molecule has 0 saturated heterocycles. The number of rotatable bonds is 5. The summed E-state index contributed by atoms with van der Waals surface area (Å²) in [6.07, 6.45) is 5.54. The number of aromatic nitrogens is 1. The van der Waals surface area contributed by atoms with Crippen LogP contribution in [0.15, 0.2) is 12.1 Å². The second-order valence-electron chi connectivity index (χ2n) is 5.40. The largest absolute Gasteiger partial charge is 0.370 e. The van der Waals surface area contributed by atoms with Crippen molar-refractivity contribution < 1.29 is 0 Å². The maximum Gasteiger partial charge on any atom is 0.132 e. The number of nitrogens with one attached hydrogen (secondary N) is 1. The molecule has 1 heterocycles. The second-order valence-corrected chi connectivity index (χ2v) is 5.78. The molecule has 3 nitrogen and oxygen atoms in total. The van der Waals surface area contributed by atoms with Gasteiger partial charge in [-0.25, -0.2) is 4.98 Å². The molecule has 2 aliphatic rings. The van der Waals surface area contributed by atoms with Crippen LogP contribution >= 0.6 is 11.6 Å². The van der Waals surface area contributed by atoms with Crippen LogP contribution in [0.2, 0.25) is 5.15 Å². The number of anilines is 1. The Morgan fingerprint density at radius 3 is 2.56 bits per heavy atom. The average molecular weight is 262 g/mol. The minimum Gasteiger partial charge on any atom is -0.370 e. The van der Waals surface area contributed by atoms with Gasteiger partial charge < -0.3 is 5.32 Å². The molecule has 4 heteroatoms. The Kier molecular flexibility index (Phi) is 3.13. The standard InChI is InChI=1S/C14H16ClN3/c15-13-5-9(7-16)6-14(18-13)17-8-12(10-1-2-10)11-3-4-11/h5-6,10-12H,1-4,8H2,(H,17,18). The van der Waals surface area contributed by atoms with E-state index in [9.17, 15) is 0 Å². The number of pyridine rings is 1. The summed E-state index contributed by atoms with van der Waals surface area (Å²) in [6.45, 7) is 0.966. The van der Waals surface area contributed by atoms with Gasteiger partial charge in [0.05, 0.1) is 11.6 Å². The van der Waals surface area contributed by atoms with Crippen molar-refractivity contribution in [2.75, 3.05) is 11.9 Å². The minimum atomic E-state index is 0.381. The lowest BCUT2D eigenvalue weighted by Gasteiger charge is -2.16. The fraction of sp³-hybridized carbons (Fsp3) is 0.571. The molecule has 0 radical (unpaired) electrons. The van der Waals surface area contributed by atoms with Crippen LogP contribution in [0, 0.1) is 29.1 Å². The lowest BCUT2D eigenvalue weighted by Crippen LogP contribution is -2.18. The van der Waals surface area contributed by atoms with Gasteiger partial charge in [0.15, 0.2) is 0 Å². The van der Waals surface area contributed by atoms with Gasteiger partial charge in [0.1, 0.15) is 11.0 Å². The summed E-state index contributed by atoms with van der Waals surface area (Å²) in [7, 11) is 0. The summed E-state index contributed by atoms with van der Waals surface area (Å²) < 4.78 is 0. The molecule has 0 aromatic carbocycles. The molecule has 3 rings (SSSR count). The van der Waals surface area contributed by atoms with E-state index in [1.807, 2.05) is 0 Å². The van der Waals surface area contributed by atoms with Crippen LogP contribution in [-0.2, 0) is 0 Å². The molecule has 2 saturated carbocycles. The highest BCUT2D eigenvalue weighted by atomic mass is 35.5. The topological polar surface area (TPSA) is 48.7 Å². The number of nitriles is 1. The van der Waals surface area contributed by atoms with Crippen LogP contribution in [-0.4, -0.2) is 11.5 Å². The maximum atomic E-state index is 8.90. The lowest BCUT2D eigenvalue weighted by molar-refractivity contribution is 0.427. The highest BCUT2D eigenvalue weighted by Crippen LogP contribution is 2.49. The summed E-state index contributed by atoms with van der Waals surface area (Å²) in [5, 5.41) is 12.6. The molecule has 1 N–H and O–H groups in total. The molecule has 18 heavy (non-hydrogen) atoms. The SMILES string of the molecule is N#Cc1cc(Cl)nc(NCC(C2CC2)C2CC2)c1. The van der Waals surface area contributed by atoms with E-state index in [-0.39, 0.29) is 0 Å². The van der Waals surface area contributed by atoms with Crippen LogP contribution in [0.3, 0.4) is 0 Å². The van der Waals surface area contributed by atoms with Crippen molar-refractivity contribution in [1.82, 2.24) is 4.98 Å². The molecule has 0 atom stereocenters. The quantitative estimate of drug-likeness (QED) is 0.826. The van der Waals surface area contributed by atoms with E-state index in [4.69, 9.17) is 16.9 Å². The first-order valence-electron chi connectivity index (χ1n) is 6.58. The van der Waals surface area contributed by atoms with Crippen molar-refractivity contribution in [3.8, 4) is 6.07 Å². The molecule has 2 fully saturated rings. The van der Waals surface area contributed by atoms with Crippen molar-refractivity contribution in [3.05, 3.63) is 22.8 Å². The normalized spacial score (nSPS) is 18.7. The predicted octanol–water partition coefficient (Wildman–Crippen LogP) is 3.45. The summed E-state index contributed by atoms with van der Waals surface area (Å²) in [5.41, 5.74) is 0.562. The molecule has 1 aromatic heterocycles. The van der Waals surface area contributed by atoms with E-state index >= 15 is 0 Å². The van der Waals surface area contributed by atoms with Gasteiger partial charge in [-0.3, -0.25) is 0 Å². The molecule has 0 unspecified atom stereocenters. The molecule has 2 aliphatic carbocycles. The van der Waals surface area contributed by atoms with Crippen molar-refractivity contribution in [1.29, 1.82) is 5.26 Å². The van der Waals surface area contributed by atoms with Gasteiger partial charge in [-0.15, -0.1) is 0 Å². The number of nitrogens with zero attached hydrogens (tertiary/aromatic N) is 2. The Labute approximate surface area is 112 Å². The summed E-state index contributed by atoms with van der Waals surface area (Å²) in [4.78, 5) is 4.22. The molecular formula is C14H16ClN3. The molecule has 1 aromatic rings. The van der Waals surface area contributed by atoms with Crippen LogP contribution in [0.25, 0.3) is 0 Å². The molecule has 0 spiro atoms. The van der Waals surface area contributed by atoms with Gasteiger partial charge >= 0.3 is 0 Å². The summed E-state index contributed by atoms with van der Waals surface area (Å²) in [5.74, 6) is 3.35. The molecular weight excluding hydrogens is 246 g/mol. The third-order valence-corrected chi connectivity index (χ3v) is 4.09. The lowest BCUT2D eigenvalue weighted by atomic mass is 9.98. The van der Waals surface area contributed by atoms with E-state index in [1.54, 1.807) is 12.1 Å². The fourth-order valence-electron chi connectivity index (χ4n) is 2.64. The van der Waals surface area contributed by atoms with Crippen molar-refractivity contribution in [2.24, 2.45) is 17.8 Å². The Morgan fingerprint density at radius 2 is 2.00 bits per heavy atom. The van der Waals surface area contributed by atoms with E-state index in [0.29, 0.717) is 10.7 Å². The monoisotopic (exact) mass is 261 g/mol. The molecule has 0 amide bonds. The number of hydrogen-bond donors (Lipinski definition) is 1. The highest BCUT2D eigenvalue weighted by molar-refractivity contribution is 6.29. The third kappa shape index (κ3) is 2.76. The minimum absolute atomic E-state index is 0.381. The Morgan fingerprint density at radius 1 is 1.33 bits per heavy atom. The average Bonchev–Trinajstić information content (AvgIpc) is 3.22. The first-order valence-corrected chi connectivity index (χ1v) is 6.95. The first-order chi connectivity index (χ1) is 8.76. The van der Waals surface area contributed by atoms with Crippen LogP contribution in [0.5, 0.6) is 0 Å². The Hall–Kier alpha value is -1.27. The zero-order valence-electron chi connectivity index (χ0n) is 10.2. The fourth-order valence-corrected chi connectivity index (χ4v) is 2.85. The highest BCUT2D eigenvalue weighted by Gasteiger charge is 2.41. The predicted molar refractivity (Wildman–Crippen MR) is 71.4 cm³/mol. The van der Waals surface area contributed by atoms with Crippen LogP contribution < -0.4 is 5.32 Å². The maximum absolute atomic E-state index is 8.90. The zero-order valence-corrected chi connectivity index (χ0v) is 11.0. The number of halogens is 1. The molecule has 0 bridgehead atoms. The molecule has 0 aliphatic heterocycles. The van der Waals surface area contributed by atoms with E-state index in [2.05, 4.69) is 16.4 Å². The van der Waals surface area contributed by atoms with Crippen LogP contribution in [0.1, 0.15) is 31.2 Å².